The molecule has 1 heterocycles. The van der Waals surface area contributed by atoms with Gasteiger partial charge in [-0.15, -0.1) is 0 Å². The average molecular weight is 392 g/mol. The highest BCUT2D eigenvalue weighted by atomic mass is 35.5. The molecule has 0 atom stereocenters. The van der Waals surface area contributed by atoms with Gasteiger partial charge in [0, 0.05) is 27.5 Å². The van der Waals surface area contributed by atoms with Crippen LogP contribution in [0.15, 0.2) is 66.7 Å². The molecule has 3 N–H and O–H groups in total. The van der Waals surface area contributed by atoms with Gasteiger partial charge in [-0.25, -0.2) is 0 Å². The van der Waals surface area contributed by atoms with E-state index in [4.69, 9.17) is 11.6 Å². The van der Waals surface area contributed by atoms with Crippen molar-refractivity contribution in [1.29, 1.82) is 0 Å². The van der Waals surface area contributed by atoms with E-state index >= 15 is 0 Å². The van der Waals surface area contributed by atoms with Gasteiger partial charge in [-0.3, -0.25) is 9.59 Å². The third-order valence-electron chi connectivity index (χ3n) is 4.07. The van der Waals surface area contributed by atoms with Crippen molar-refractivity contribution < 1.29 is 9.59 Å². The molecule has 0 saturated carbocycles. The van der Waals surface area contributed by atoms with Gasteiger partial charge in [-0.05, 0) is 60.7 Å². The fraction of sp³-hybridized carbons (Fsp3) is 0. The highest BCUT2D eigenvalue weighted by Gasteiger charge is 2.10. The lowest BCUT2D eigenvalue weighted by Crippen LogP contribution is -2.13. The Hall–Kier alpha value is -3.71. The van der Waals surface area contributed by atoms with Crippen LogP contribution in [-0.2, 0) is 0 Å². The molecule has 0 saturated heterocycles. The summed E-state index contributed by atoms with van der Waals surface area (Å²) in [7, 11) is 0. The minimum Gasteiger partial charge on any atom is -0.322 e. The zero-order valence-corrected chi connectivity index (χ0v) is 15.2. The van der Waals surface area contributed by atoms with Crippen LogP contribution in [0.4, 0.5) is 11.4 Å². The molecule has 0 fully saturated rings. The van der Waals surface area contributed by atoms with Gasteiger partial charge in [0.15, 0.2) is 0 Å². The van der Waals surface area contributed by atoms with Crippen LogP contribution in [0.5, 0.6) is 0 Å². The molecule has 0 radical (unpaired) electrons. The molecule has 138 valence electrons. The number of nitrogens with zero attached hydrogens (tertiary/aromatic N) is 2. The van der Waals surface area contributed by atoms with Crippen LogP contribution in [0.25, 0.3) is 11.0 Å². The minimum absolute atomic E-state index is 0.268. The van der Waals surface area contributed by atoms with Crippen molar-refractivity contribution in [3.8, 4) is 0 Å². The van der Waals surface area contributed by atoms with Crippen molar-refractivity contribution in [1.82, 2.24) is 15.4 Å². The van der Waals surface area contributed by atoms with Gasteiger partial charge in [0.05, 0.1) is 0 Å². The molecule has 1 aromatic heterocycles. The van der Waals surface area contributed by atoms with Crippen LogP contribution in [0.3, 0.4) is 0 Å². The second kappa shape index (κ2) is 7.50. The fourth-order valence-electron chi connectivity index (χ4n) is 2.66. The number of H-pyrrole nitrogens is 1. The van der Waals surface area contributed by atoms with Crippen molar-refractivity contribution in [2.75, 3.05) is 10.6 Å². The summed E-state index contributed by atoms with van der Waals surface area (Å²) in [6.45, 7) is 0. The minimum atomic E-state index is -0.277. The summed E-state index contributed by atoms with van der Waals surface area (Å²) in [6.07, 6.45) is 0. The first-order chi connectivity index (χ1) is 13.6. The van der Waals surface area contributed by atoms with Crippen molar-refractivity contribution >= 4 is 45.8 Å². The fourth-order valence-corrected chi connectivity index (χ4v) is 2.85. The molecule has 7 nitrogen and oxygen atoms in total. The number of hydrogen-bond donors (Lipinski definition) is 3. The highest BCUT2D eigenvalue weighted by Crippen LogP contribution is 2.18. The number of aromatic amines is 1. The quantitative estimate of drug-likeness (QED) is 0.487. The lowest BCUT2D eigenvalue weighted by Gasteiger charge is -2.08. The van der Waals surface area contributed by atoms with E-state index in [9.17, 15) is 9.59 Å². The van der Waals surface area contributed by atoms with E-state index in [1.165, 1.54) is 0 Å². The normalized spacial score (nSPS) is 10.6. The largest absolute Gasteiger partial charge is 0.322 e. The Kier molecular flexibility index (Phi) is 4.74. The van der Waals surface area contributed by atoms with E-state index in [-0.39, 0.29) is 11.8 Å². The smallest absolute Gasteiger partial charge is 0.255 e. The molecule has 2 amide bonds. The third-order valence-corrected chi connectivity index (χ3v) is 4.30. The first-order valence-electron chi connectivity index (χ1n) is 8.37. The summed E-state index contributed by atoms with van der Waals surface area (Å²) >= 11 is 5.91. The standard InChI is InChI=1S/C20H14ClN5O2/c21-14-3-1-2-13(10-14)20(28)22-15-6-4-12(5-7-15)19(27)23-16-8-9-17-18(11-16)25-26-24-17/h1-11H,(H,22,28)(H,23,27)(H,24,25,26). The summed E-state index contributed by atoms with van der Waals surface area (Å²) in [6, 6.07) is 18.5. The maximum atomic E-state index is 12.4. The lowest BCUT2D eigenvalue weighted by molar-refractivity contribution is 0.102. The second-order valence-electron chi connectivity index (χ2n) is 6.02. The Labute approximate surface area is 164 Å². The molecule has 28 heavy (non-hydrogen) atoms. The lowest BCUT2D eigenvalue weighted by atomic mass is 10.1. The predicted octanol–water partition coefficient (Wildman–Crippen LogP) is 4.12. The van der Waals surface area contributed by atoms with Crippen molar-refractivity contribution in [3.63, 3.8) is 0 Å². The van der Waals surface area contributed by atoms with Gasteiger partial charge < -0.3 is 10.6 Å². The summed E-state index contributed by atoms with van der Waals surface area (Å²) in [5, 5.41) is 16.6. The molecule has 0 bridgehead atoms. The molecule has 0 unspecified atom stereocenters. The molecular weight excluding hydrogens is 378 g/mol. The number of carbonyl (C=O) groups is 2. The van der Waals surface area contributed by atoms with Crippen LogP contribution in [0, 0.1) is 0 Å². The Bertz CT molecular complexity index is 1170. The number of benzene rings is 3. The molecule has 4 rings (SSSR count). The van der Waals surface area contributed by atoms with Crippen molar-refractivity contribution in [2.45, 2.75) is 0 Å². The average Bonchev–Trinajstić information content (AvgIpc) is 3.16. The molecule has 4 aromatic rings. The van der Waals surface area contributed by atoms with E-state index in [1.54, 1.807) is 66.7 Å². The van der Waals surface area contributed by atoms with Crippen LogP contribution >= 0.6 is 11.6 Å². The number of nitrogens with one attached hydrogen (secondary N) is 3. The molecule has 0 spiro atoms. The van der Waals surface area contributed by atoms with Crippen LogP contribution < -0.4 is 10.6 Å². The van der Waals surface area contributed by atoms with E-state index in [0.717, 1.165) is 5.52 Å². The van der Waals surface area contributed by atoms with Crippen LogP contribution in [0.2, 0.25) is 5.02 Å². The van der Waals surface area contributed by atoms with Crippen molar-refractivity contribution in [2.24, 2.45) is 0 Å². The van der Waals surface area contributed by atoms with E-state index in [0.29, 0.717) is 33.0 Å². The summed E-state index contributed by atoms with van der Waals surface area (Å²) < 4.78 is 0. The first-order valence-corrected chi connectivity index (χ1v) is 8.75. The van der Waals surface area contributed by atoms with Gasteiger partial charge >= 0.3 is 0 Å². The molecular formula is C20H14ClN5O2. The second-order valence-corrected chi connectivity index (χ2v) is 6.46. The number of fused-ring (bicyclic) bond motifs is 1. The van der Waals surface area contributed by atoms with Gasteiger partial charge in [-0.1, -0.05) is 17.7 Å². The zero-order valence-electron chi connectivity index (χ0n) is 14.4. The monoisotopic (exact) mass is 391 g/mol. The van der Waals surface area contributed by atoms with Crippen molar-refractivity contribution in [3.05, 3.63) is 82.9 Å². The topological polar surface area (TPSA) is 99.8 Å². The molecule has 3 aromatic carbocycles. The molecule has 0 aliphatic rings. The summed E-state index contributed by atoms with van der Waals surface area (Å²) in [4.78, 5) is 24.7. The Morgan fingerprint density at radius 2 is 1.43 bits per heavy atom. The van der Waals surface area contributed by atoms with Crippen LogP contribution in [-0.4, -0.2) is 27.2 Å². The van der Waals surface area contributed by atoms with E-state index < -0.39 is 0 Å². The number of rotatable bonds is 4. The third kappa shape index (κ3) is 3.84. The number of hydrogen-bond acceptors (Lipinski definition) is 4. The molecule has 0 aliphatic heterocycles. The number of anilines is 2. The SMILES string of the molecule is O=C(Nc1ccc2n[nH]nc2c1)c1ccc(NC(=O)c2cccc(Cl)c2)cc1. The van der Waals surface area contributed by atoms with Gasteiger partial charge in [0.2, 0.25) is 0 Å². The molecule has 0 aliphatic carbocycles. The summed E-state index contributed by atoms with van der Waals surface area (Å²) in [5.74, 6) is -0.545. The van der Waals surface area contributed by atoms with Crippen LogP contribution in [0.1, 0.15) is 20.7 Å². The van der Waals surface area contributed by atoms with Gasteiger partial charge in [0.1, 0.15) is 11.0 Å². The summed E-state index contributed by atoms with van der Waals surface area (Å²) in [5.41, 5.74) is 3.49. The maximum absolute atomic E-state index is 12.4. The van der Waals surface area contributed by atoms with Gasteiger partial charge in [-0.2, -0.15) is 15.4 Å². The first kappa shape index (κ1) is 17.7. The Balaban J connectivity index is 1.43. The van der Waals surface area contributed by atoms with E-state index in [1.807, 2.05) is 0 Å². The number of carbonyl (C=O) groups excluding carboxylic acids is 2. The number of halogens is 1. The highest BCUT2D eigenvalue weighted by molar-refractivity contribution is 6.31. The van der Waals surface area contributed by atoms with E-state index in [2.05, 4.69) is 26.0 Å². The zero-order chi connectivity index (χ0) is 19.5. The molecule has 8 heteroatoms. The Morgan fingerprint density at radius 1 is 0.750 bits per heavy atom. The number of amides is 2. The number of aromatic nitrogens is 3. The Morgan fingerprint density at radius 3 is 2.21 bits per heavy atom. The maximum Gasteiger partial charge on any atom is 0.255 e. The predicted molar refractivity (Wildman–Crippen MR) is 108 cm³/mol. The van der Waals surface area contributed by atoms with Gasteiger partial charge in [0.25, 0.3) is 11.8 Å².